The first-order valence-corrected chi connectivity index (χ1v) is 8.95. The highest BCUT2D eigenvalue weighted by atomic mass is 16.5. The fourth-order valence-corrected chi connectivity index (χ4v) is 3.49. The first-order valence-electron chi connectivity index (χ1n) is 8.95. The number of fused-ring (bicyclic) bond motifs is 1. The molecule has 2 aromatic rings. The third-order valence-electron chi connectivity index (χ3n) is 4.96. The lowest BCUT2D eigenvalue weighted by atomic mass is 10.0. The Morgan fingerprint density at radius 2 is 2.00 bits per heavy atom. The van der Waals surface area contributed by atoms with Gasteiger partial charge in [-0.05, 0) is 76.7 Å². The van der Waals surface area contributed by atoms with Crippen LogP contribution in [0.5, 0.6) is 5.75 Å². The second kappa shape index (κ2) is 7.38. The third kappa shape index (κ3) is 3.53. The average Bonchev–Trinajstić information content (AvgIpc) is 3.05. The van der Waals surface area contributed by atoms with E-state index in [2.05, 4.69) is 43.1 Å². The van der Waals surface area contributed by atoms with Crippen LogP contribution in [0, 0.1) is 13.8 Å². The van der Waals surface area contributed by atoms with Crippen molar-refractivity contribution in [2.45, 2.75) is 26.7 Å². The predicted molar refractivity (Wildman–Crippen MR) is 107 cm³/mol. The van der Waals surface area contributed by atoms with Crippen molar-refractivity contribution in [2.75, 3.05) is 33.1 Å². The highest BCUT2D eigenvalue weighted by molar-refractivity contribution is 6.35. The molecule has 1 aromatic carbocycles. The smallest absolute Gasteiger partial charge is 0.256 e. The molecule has 1 aliphatic heterocycles. The van der Waals surface area contributed by atoms with Gasteiger partial charge in [0.05, 0.1) is 18.4 Å². The van der Waals surface area contributed by atoms with Gasteiger partial charge in [-0.3, -0.25) is 4.79 Å². The van der Waals surface area contributed by atoms with Gasteiger partial charge in [0.15, 0.2) is 0 Å². The summed E-state index contributed by atoms with van der Waals surface area (Å²) in [6, 6.07) is 5.67. The molecule has 1 aliphatic rings. The van der Waals surface area contributed by atoms with Crippen molar-refractivity contribution < 1.29 is 9.53 Å². The maximum absolute atomic E-state index is 12.4. The Balaban J connectivity index is 1.90. The van der Waals surface area contributed by atoms with E-state index < -0.39 is 0 Å². The molecular weight excluding hydrogens is 326 g/mol. The van der Waals surface area contributed by atoms with Crippen molar-refractivity contribution >= 4 is 23.2 Å². The minimum Gasteiger partial charge on any atom is -0.497 e. The van der Waals surface area contributed by atoms with Crippen LogP contribution in [0.1, 0.15) is 34.5 Å². The van der Waals surface area contributed by atoms with Gasteiger partial charge in [-0.1, -0.05) is 0 Å². The number of carbonyl (C=O) groups excluding carboxylic acids is 1. The average molecular weight is 353 g/mol. The summed E-state index contributed by atoms with van der Waals surface area (Å²) in [5, 5.41) is 2.92. The zero-order valence-corrected chi connectivity index (χ0v) is 16.2. The number of carbonyl (C=O) groups is 1. The molecule has 0 bridgehead atoms. The van der Waals surface area contributed by atoms with Crippen LogP contribution in [0.3, 0.4) is 0 Å². The monoisotopic (exact) mass is 353 g/mol. The number of anilines is 1. The summed E-state index contributed by atoms with van der Waals surface area (Å²) in [6.07, 6.45) is 4.12. The van der Waals surface area contributed by atoms with Crippen LogP contribution < -0.4 is 10.1 Å². The molecule has 2 N–H and O–H groups in total. The Morgan fingerprint density at radius 1 is 1.23 bits per heavy atom. The second-order valence-electron chi connectivity index (χ2n) is 7.10. The van der Waals surface area contributed by atoms with Crippen LogP contribution in [-0.4, -0.2) is 43.5 Å². The molecule has 0 fully saturated rings. The summed E-state index contributed by atoms with van der Waals surface area (Å²) in [5.41, 5.74) is 7.17. The highest BCUT2D eigenvalue weighted by Gasteiger charge is 2.25. The van der Waals surface area contributed by atoms with Gasteiger partial charge in [-0.15, -0.1) is 0 Å². The van der Waals surface area contributed by atoms with E-state index in [-0.39, 0.29) is 5.91 Å². The number of aromatic nitrogens is 1. The molecule has 0 spiro atoms. The number of H-pyrrole nitrogens is 1. The lowest BCUT2D eigenvalue weighted by Gasteiger charge is -2.09. The normalized spacial score (nSPS) is 14.8. The van der Waals surface area contributed by atoms with E-state index >= 15 is 0 Å². The molecule has 26 heavy (non-hydrogen) atoms. The maximum atomic E-state index is 12.4. The number of benzene rings is 1. The van der Waals surface area contributed by atoms with E-state index in [1.54, 1.807) is 7.11 Å². The summed E-state index contributed by atoms with van der Waals surface area (Å²) >= 11 is 0. The molecule has 2 heterocycles. The van der Waals surface area contributed by atoms with Gasteiger partial charge >= 0.3 is 0 Å². The number of hydrogen-bond donors (Lipinski definition) is 2. The largest absolute Gasteiger partial charge is 0.497 e. The van der Waals surface area contributed by atoms with Crippen molar-refractivity contribution in [1.82, 2.24) is 9.88 Å². The summed E-state index contributed by atoms with van der Waals surface area (Å²) in [7, 11) is 5.81. The molecule has 5 heteroatoms. The van der Waals surface area contributed by atoms with Gasteiger partial charge in [0, 0.05) is 23.0 Å². The van der Waals surface area contributed by atoms with Gasteiger partial charge in [0.25, 0.3) is 5.91 Å². The van der Waals surface area contributed by atoms with E-state index in [1.807, 2.05) is 24.3 Å². The van der Waals surface area contributed by atoms with Crippen molar-refractivity contribution in [3.05, 3.63) is 46.3 Å². The number of aryl methyl sites for hydroxylation is 1. The molecule has 0 unspecified atom stereocenters. The number of amides is 1. The number of hydrogen-bond acceptors (Lipinski definition) is 3. The lowest BCUT2D eigenvalue weighted by Crippen LogP contribution is -2.13. The quantitative estimate of drug-likeness (QED) is 0.780. The van der Waals surface area contributed by atoms with E-state index in [1.165, 1.54) is 16.8 Å². The van der Waals surface area contributed by atoms with Crippen LogP contribution in [-0.2, 0) is 11.2 Å². The van der Waals surface area contributed by atoms with Gasteiger partial charge < -0.3 is 19.9 Å². The fourth-order valence-electron chi connectivity index (χ4n) is 3.49. The van der Waals surface area contributed by atoms with Gasteiger partial charge in [0.2, 0.25) is 0 Å². The minimum absolute atomic E-state index is 0.0749. The number of nitrogens with one attached hydrogen (secondary N) is 2. The Labute approximate surface area is 155 Å². The molecule has 0 saturated carbocycles. The van der Waals surface area contributed by atoms with Crippen LogP contribution in [0.15, 0.2) is 18.2 Å². The van der Waals surface area contributed by atoms with E-state index in [0.717, 1.165) is 42.1 Å². The van der Waals surface area contributed by atoms with Crippen LogP contribution in [0.2, 0.25) is 0 Å². The number of nitrogens with zero attached hydrogens (tertiary/aromatic N) is 1. The molecule has 0 radical (unpaired) electrons. The van der Waals surface area contributed by atoms with Gasteiger partial charge in [-0.2, -0.15) is 0 Å². The fraction of sp³-hybridized carbons (Fsp3) is 0.381. The molecule has 138 valence electrons. The number of rotatable bonds is 6. The van der Waals surface area contributed by atoms with Crippen molar-refractivity contribution in [2.24, 2.45) is 0 Å². The molecule has 1 amide bonds. The van der Waals surface area contributed by atoms with Gasteiger partial charge in [-0.25, -0.2) is 0 Å². The molecule has 5 nitrogen and oxygen atoms in total. The zero-order valence-electron chi connectivity index (χ0n) is 16.2. The van der Waals surface area contributed by atoms with Crippen molar-refractivity contribution in [3.8, 4) is 5.75 Å². The minimum atomic E-state index is -0.0749. The number of methoxy groups -OCH3 is 1. The molecule has 0 saturated heterocycles. The zero-order chi connectivity index (χ0) is 18.8. The van der Waals surface area contributed by atoms with E-state index in [9.17, 15) is 4.79 Å². The third-order valence-corrected chi connectivity index (χ3v) is 4.96. The summed E-state index contributed by atoms with van der Waals surface area (Å²) in [6.45, 7) is 5.30. The Bertz CT molecular complexity index is 862. The summed E-state index contributed by atoms with van der Waals surface area (Å²) < 4.78 is 5.24. The molecular formula is C21H27N3O2. The van der Waals surface area contributed by atoms with Gasteiger partial charge in [0.1, 0.15) is 5.75 Å². The molecule has 1 aromatic heterocycles. The Kier molecular flexibility index (Phi) is 5.18. The molecule has 0 atom stereocenters. The SMILES string of the molecule is COc1ccc2c(c1)NC(=O)C2=Cc1[nH]c(C)c(CCCN(C)C)c1C. The Hall–Kier alpha value is -2.53. The topological polar surface area (TPSA) is 57.4 Å². The molecule has 0 aliphatic carbocycles. The first-order chi connectivity index (χ1) is 12.4. The molecule has 3 rings (SSSR count). The second-order valence-corrected chi connectivity index (χ2v) is 7.10. The predicted octanol–water partition coefficient (Wildman–Crippen LogP) is 3.63. The maximum Gasteiger partial charge on any atom is 0.256 e. The standard InChI is InChI=1S/C21H27N3O2/c1-13-16(7-6-10-24(3)4)14(2)22-19(13)12-18-17-9-8-15(26-5)11-20(17)23-21(18)25/h8-9,11-12,22H,6-7,10H2,1-5H3,(H,23,25). The van der Waals surface area contributed by atoms with Crippen molar-refractivity contribution in [3.63, 3.8) is 0 Å². The van der Waals surface area contributed by atoms with Crippen LogP contribution in [0.4, 0.5) is 5.69 Å². The Morgan fingerprint density at radius 3 is 2.69 bits per heavy atom. The number of ether oxygens (including phenoxy) is 1. The number of aromatic amines is 1. The lowest BCUT2D eigenvalue weighted by molar-refractivity contribution is -0.110. The van der Waals surface area contributed by atoms with E-state index in [4.69, 9.17) is 4.74 Å². The van der Waals surface area contributed by atoms with Crippen LogP contribution in [0.25, 0.3) is 11.6 Å². The summed E-state index contributed by atoms with van der Waals surface area (Å²) in [4.78, 5) is 18.1. The highest BCUT2D eigenvalue weighted by Crippen LogP contribution is 2.36. The van der Waals surface area contributed by atoms with Crippen LogP contribution >= 0.6 is 0 Å². The summed E-state index contributed by atoms with van der Waals surface area (Å²) in [5.74, 6) is 0.662. The van der Waals surface area contributed by atoms with Crippen molar-refractivity contribution in [1.29, 1.82) is 0 Å². The first kappa shape index (κ1) is 18.3. The van der Waals surface area contributed by atoms with E-state index in [0.29, 0.717) is 5.57 Å².